The maximum absolute atomic E-state index is 5.87. The fourth-order valence-electron chi connectivity index (χ4n) is 1.74. The molecule has 18 heavy (non-hydrogen) atoms. The second kappa shape index (κ2) is 8.54. The molecule has 102 valence electrons. The van der Waals surface area contributed by atoms with E-state index in [9.17, 15) is 0 Å². The highest BCUT2D eigenvalue weighted by molar-refractivity contribution is 9.10. The van der Waals surface area contributed by atoms with E-state index in [1.54, 1.807) is 0 Å². The van der Waals surface area contributed by atoms with E-state index >= 15 is 0 Å². The van der Waals surface area contributed by atoms with Crippen molar-refractivity contribution in [3.05, 3.63) is 28.7 Å². The Bertz CT molecular complexity index is 341. The van der Waals surface area contributed by atoms with Crippen LogP contribution >= 0.6 is 15.9 Å². The summed E-state index contributed by atoms with van der Waals surface area (Å²) in [6, 6.07) is 8.01. The van der Waals surface area contributed by atoms with E-state index in [1.165, 1.54) is 0 Å². The molecular weight excluding hydrogens is 290 g/mol. The van der Waals surface area contributed by atoms with Crippen molar-refractivity contribution in [2.45, 2.75) is 39.7 Å². The van der Waals surface area contributed by atoms with E-state index in [1.807, 2.05) is 24.3 Å². The first kappa shape index (κ1) is 15.5. The summed E-state index contributed by atoms with van der Waals surface area (Å²) < 4.78 is 6.93. The van der Waals surface area contributed by atoms with Crippen LogP contribution in [0.5, 0.6) is 5.75 Å². The summed E-state index contributed by atoms with van der Waals surface area (Å²) in [4.78, 5) is 0. The van der Waals surface area contributed by atoms with Crippen molar-refractivity contribution in [2.75, 3.05) is 13.1 Å². The first-order valence-electron chi connectivity index (χ1n) is 6.71. The van der Waals surface area contributed by atoms with Gasteiger partial charge in [0.25, 0.3) is 0 Å². The Kier molecular flexibility index (Phi) is 7.36. The predicted molar refractivity (Wildman–Crippen MR) is 81.2 cm³/mol. The third-order valence-electron chi connectivity index (χ3n) is 2.65. The molecular formula is C15H24BrNO. The van der Waals surface area contributed by atoms with Crippen LogP contribution in [0, 0.1) is 5.92 Å². The van der Waals surface area contributed by atoms with Crippen LogP contribution in [0.2, 0.25) is 0 Å². The summed E-state index contributed by atoms with van der Waals surface area (Å²) in [5.74, 6) is 1.66. The Morgan fingerprint density at radius 1 is 1.28 bits per heavy atom. The summed E-state index contributed by atoms with van der Waals surface area (Å²) in [7, 11) is 0. The molecule has 2 nitrogen and oxygen atoms in total. The molecule has 0 aromatic heterocycles. The Morgan fingerprint density at radius 3 is 2.72 bits per heavy atom. The van der Waals surface area contributed by atoms with Crippen molar-refractivity contribution in [1.29, 1.82) is 0 Å². The van der Waals surface area contributed by atoms with E-state index in [-0.39, 0.29) is 6.10 Å². The Hall–Kier alpha value is -0.540. The fraction of sp³-hybridized carbons (Fsp3) is 0.600. The van der Waals surface area contributed by atoms with Gasteiger partial charge in [-0.15, -0.1) is 0 Å². The number of rotatable bonds is 8. The molecule has 0 aliphatic rings. The molecule has 0 aliphatic carbocycles. The van der Waals surface area contributed by atoms with Crippen LogP contribution in [-0.4, -0.2) is 19.2 Å². The normalized spacial score (nSPS) is 12.7. The third kappa shape index (κ3) is 7.02. The van der Waals surface area contributed by atoms with E-state index in [4.69, 9.17) is 4.74 Å². The maximum atomic E-state index is 5.87. The van der Waals surface area contributed by atoms with Crippen LogP contribution in [0.3, 0.4) is 0 Å². The molecule has 1 aromatic rings. The van der Waals surface area contributed by atoms with Crippen LogP contribution in [-0.2, 0) is 0 Å². The number of nitrogens with one attached hydrogen (secondary N) is 1. The molecule has 0 bridgehead atoms. The minimum absolute atomic E-state index is 0.264. The molecule has 0 amide bonds. The number of halogens is 1. The molecule has 1 atom stereocenters. The Labute approximate surface area is 119 Å². The third-order valence-corrected chi connectivity index (χ3v) is 3.14. The molecule has 0 spiro atoms. The van der Waals surface area contributed by atoms with Gasteiger partial charge in [-0.3, -0.25) is 0 Å². The summed E-state index contributed by atoms with van der Waals surface area (Å²) >= 11 is 3.45. The standard InChI is InChI=1S/C15H24BrNO/c1-12(2)11-17-9-5-6-13(3)18-15-8-4-7-14(16)10-15/h4,7-8,10,12-13,17H,5-6,9,11H2,1-3H3. The van der Waals surface area contributed by atoms with Crippen LogP contribution < -0.4 is 10.1 Å². The smallest absolute Gasteiger partial charge is 0.120 e. The fourth-order valence-corrected chi connectivity index (χ4v) is 2.12. The zero-order valence-corrected chi connectivity index (χ0v) is 13.2. The van der Waals surface area contributed by atoms with Gasteiger partial charge in [-0.2, -0.15) is 0 Å². The lowest BCUT2D eigenvalue weighted by atomic mass is 10.2. The van der Waals surface area contributed by atoms with Gasteiger partial charge in [-0.1, -0.05) is 35.8 Å². The lowest BCUT2D eigenvalue weighted by Gasteiger charge is -2.15. The molecule has 1 unspecified atom stereocenters. The van der Waals surface area contributed by atoms with Crippen molar-refractivity contribution in [3.8, 4) is 5.75 Å². The summed E-state index contributed by atoms with van der Waals surface area (Å²) in [5.41, 5.74) is 0. The van der Waals surface area contributed by atoms with Crippen molar-refractivity contribution >= 4 is 15.9 Å². The van der Waals surface area contributed by atoms with Gasteiger partial charge in [-0.25, -0.2) is 0 Å². The zero-order valence-electron chi connectivity index (χ0n) is 11.6. The van der Waals surface area contributed by atoms with Crippen LogP contribution in [0.4, 0.5) is 0 Å². The first-order valence-corrected chi connectivity index (χ1v) is 7.50. The van der Waals surface area contributed by atoms with Crippen molar-refractivity contribution < 1.29 is 4.74 Å². The average Bonchev–Trinajstić information content (AvgIpc) is 2.28. The predicted octanol–water partition coefficient (Wildman–Crippen LogP) is 4.24. The number of ether oxygens (including phenoxy) is 1. The molecule has 1 aromatic carbocycles. The minimum atomic E-state index is 0.264. The van der Waals surface area contributed by atoms with Crippen LogP contribution in [0.1, 0.15) is 33.6 Å². The molecule has 3 heteroatoms. The highest BCUT2D eigenvalue weighted by Gasteiger charge is 2.04. The topological polar surface area (TPSA) is 21.3 Å². The SMILES string of the molecule is CC(C)CNCCCC(C)Oc1cccc(Br)c1. The van der Waals surface area contributed by atoms with Crippen LogP contribution in [0.15, 0.2) is 28.7 Å². The molecule has 1 N–H and O–H groups in total. The van der Waals surface area contributed by atoms with Gasteiger partial charge >= 0.3 is 0 Å². The van der Waals surface area contributed by atoms with E-state index in [0.717, 1.165) is 42.1 Å². The maximum Gasteiger partial charge on any atom is 0.120 e. The second-order valence-electron chi connectivity index (χ2n) is 5.13. The summed E-state index contributed by atoms with van der Waals surface area (Å²) in [6.07, 6.45) is 2.50. The van der Waals surface area contributed by atoms with E-state index in [2.05, 4.69) is 42.0 Å². The molecule has 0 saturated carbocycles. The van der Waals surface area contributed by atoms with Gasteiger partial charge in [0, 0.05) is 4.47 Å². The summed E-state index contributed by atoms with van der Waals surface area (Å²) in [5, 5.41) is 3.45. The van der Waals surface area contributed by atoms with Crippen molar-refractivity contribution in [1.82, 2.24) is 5.32 Å². The zero-order chi connectivity index (χ0) is 13.4. The van der Waals surface area contributed by atoms with Crippen molar-refractivity contribution in [2.24, 2.45) is 5.92 Å². The lowest BCUT2D eigenvalue weighted by molar-refractivity contribution is 0.207. The van der Waals surface area contributed by atoms with Crippen LogP contribution in [0.25, 0.3) is 0 Å². The monoisotopic (exact) mass is 313 g/mol. The molecule has 0 heterocycles. The Morgan fingerprint density at radius 2 is 2.06 bits per heavy atom. The molecule has 1 rings (SSSR count). The number of hydrogen-bond donors (Lipinski definition) is 1. The van der Waals surface area contributed by atoms with E-state index in [0.29, 0.717) is 0 Å². The van der Waals surface area contributed by atoms with Gasteiger partial charge in [-0.05, 0) is 57.0 Å². The lowest BCUT2D eigenvalue weighted by Crippen LogP contribution is -2.22. The first-order chi connectivity index (χ1) is 8.58. The van der Waals surface area contributed by atoms with Gasteiger partial charge in [0.1, 0.15) is 5.75 Å². The average molecular weight is 314 g/mol. The van der Waals surface area contributed by atoms with Crippen molar-refractivity contribution in [3.63, 3.8) is 0 Å². The Balaban J connectivity index is 2.16. The highest BCUT2D eigenvalue weighted by atomic mass is 79.9. The quantitative estimate of drug-likeness (QED) is 0.725. The minimum Gasteiger partial charge on any atom is -0.491 e. The molecule has 0 aliphatic heterocycles. The largest absolute Gasteiger partial charge is 0.491 e. The summed E-state index contributed by atoms with van der Waals surface area (Å²) in [6.45, 7) is 8.76. The number of hydrogen-bond acceptors (Lipinski definition) is 2. The van der Waals surface area contributed by atoms with Gasteiger partial charge in [0.15, 0.2) is 0 Å². The van der Waals surface area contributed by atoms with Gasteiger partial charge in [0.05, 0.1) is 6.10 Å². The second-order valence-corrected chi connectivity index (χ2v) is 6.04. The molecule has 0 fully saturated rings. The van der Waals surface area contributed by atoms with Gasteiger partial charge < -0.3 is 10.1 Å². The number of benzene rings is 1. The molecule has 0 saturated heterocycles. The van der Waals surface area contributed by atoms with E-state index < -0.39 is 0 Å². The van der Waals surface area contributed by atoms with Gasteiger partial charge in [0.2, 0.25) is 0 Å². The molecule has 0 radical (unpaired) electrons. The highest BCUT2D eigenvalue weighted by Crippen LogP contribution is 2.19.